The molecule has 1 saturated heterocycles. The topological polar surface area (TPSA) is 86.8 Å². The van der Waals surface area contributed by atoms with Gasteiger partial charge in [0.25, 0.3) is 0 Å². The van der Waals surface area contributed by atoms with Crippen molar-refractivity contribution >= 4 is 35.2 Å². The molecule has 0 aromatic heterocycles. The smallest absolute Gasteiger partial charge is 0.242 e. The highest BCUT2D eigenvalue weighted by Crippen LogP contribution is 2.35. The summed E-state index contributed by atoms with van der Waals surface area (Å²) in [6, 6.07) is 6.52. The van der Waals surface area contributed by atoms with Gasteiger partial charge in [-0.2, -0.15) is 0 Å². The molecule has 1 fully saturated rings. The Morgan fingerprint density at radius 2 is 1.75 bits per heavy atom. The van der Waals surface area contributed by atoms with Crippen molar-refractivity contribution in [1.29, 1.82) is 0 Å². The number of likely N-dealkylation sites (tertiary alicyclic amines) is 1. The normalized spacial score (nSPS) is 20.8. The Morgan fingerprint density at radius 3 is 2.31 bits per heavy atom. The molecule has 0 radical (unpaired) electrons. The van der Waals surface area contributed by atoms with E-state index in [1.165, 1.54) is 9.80 Å². The Labute approximate surface area is 193 Å². The maximum atomic E-state index is 13.3. The molecule has 32 heavy (non-hydrogen) atoms. The van der Waals surface area contributed by atoms with E-state index >= 15 is 0 Å². The Kier molecular flexibility index (Phi) is 8.07. The summed E-state index contributed by atoms with van der Waals surface area (Å²) in [4.78, 5) is 54.1. The van der Waals surface area contributed by atoms with Crippen LogP contribution >= 0.6 is 11.6 Å². The van der Waals surface area contributed by atoms with Gasteiger partial charge in [-0.3, -0.25) is 24.1 Å². The van der Waals surface area contributed by atoms with Crippen LogP contribution < -0.4 is 5.32 Å². The van der Waals surface area contributed by atoms with Crippen LogP contribution in [-0.4, -0.2) is 52.6 Å². The molecule has 1 heterocycles. The molecule has 3 atom stereocenters. The monoisotopic (exact) mass is 459 g/mol. The van der Waals surface area contributed by atoms with Gasteiger partial charge < -0.3 is 10.2 Å². The van der Waals surface area contributed by atoms with Gasteiger partial charge in [-0.15, -0.1) is 0 Å². The molecule has 1 N–H and O–H groups in total. The van der Waals surface area contributed by atoms with E-state index in [-0.39, 0.29) is 55.0 Å². The number of carbonyl (C=O) groups is 4. The van der Waals surface area contributed by atoms with Gasteiger partial charge in [-0.1, -0.05) is 48.9 Å². The van der Waals surface area contributed by atoms with Crippen LogP contribution in [0.2, 0.25) is 5.02 Å². The molecular weight excluding hydrogens is 430 g/mol. The van der Waals surface area contributed by atoms with E-state index in [4.69, 9.17) is 11.6 Å². The summed E-state index contributed by atoms with van der Waals surface area (Å²) in [5.41, 5.74) is 0.732. The average molecular weight is 460 g/mol. The number of rotatable bonds is 9. The quantitative estimate of drug-likeness (QED) is 0.454. The lowest BCUT2D eigenvalue weighted by atomic mass is 9.85. The minimum atomic E-state index is -0.671. The zero-order valence-corrected chi connectivity index (χ0v) is 19.3. The van der Waals surface area contributed by atoms with Crippen molar-refractivity contribution < 1.29 is 19.2 Å². The van der Waals surface area contributed by atoms with Crippen LogP contribution in [0.4, 0.5) is 0 Å². The second-order valence-corrected chi connectivity index (χ2v) is 8.57. The summed E-state index contributed by atoms with van der Waals surface area (Å²) in [5, 5.41) is 3.30. The zero-order chi connectivity index (χ0) is 23.3. The van der Waals surface area contributed by atoms with Crippen LogP contribution in [0, 0.1) is 11.8 Å². The minimum absolute atomic E-state index is 0.0222. The number of hydrogen-bond donors (Lipinski definition) is 1. The SMILES string of the molecule is CCNC(=O)[C@H](CC)N(Cc1ccccc1Cl)C(=O)CCN1C(=O)[C@H]2CC=CC[C@H]2C1=O. The molecule has 1 aliphatic heterocycles. The highest BCUT2D eigenvalue weighted by atomic mass is 35.5. The van der Waals surface area contributed by atoms with Crippen LogP contribution in [-0.2, 0) is 25.7 Å². The van der Waals surface area contributed by atoms with Crippen molar-refractivity contribution in [1.82, 2.24) is 15.1 Å². The van der Waals surface area contributed by atoms with Crippen LogP contribution in [0.3, 0.4) is 0 Å². The second kappa shape index (κ2) is 10.8. The number of benzene rings is 1. The number of hydrogen-bond acceptors (Lipinski definition) is 4. The molecule has 8 heteroatoms. The molecular formula is C24H30ClN3O4. The third kappa shape index (κ3) is 5.04. The van der Waals surface area contributed by atoms with Crippen molar-refractivity contribution in [2.75, 3.05) is 13.1 Å². The number of carbonyl (C=O) groups excluding carboxylic acids is 4. The number of fused-ring (bicyclic) bond motifs is 1. The third-order valence-electron chi connectivity index (χ3n) is 6.18. The minimum Gasteiger partial charge on any atom is -0.355 e. The van der Waals surface area contributed by atoms with Crippen molar-refractivity contribution in [3.8, 4) is 0 Å². The van der Waals surface area contributed by atoms with Gasteiger partial charge in [0, 0.05) is 31.1 Å². The summed E-state index contributed by atoms with van der Waals surface area (Å²) in [7, 11) is 0. The van der Waals surface area contributed by atoms with Gasteiger partial charge in [0.1, 0.15) is 6.04 Å². The number of nitrogens with one attached hydrogen (secondary N) is 1. The second-order valence-electron chi connectivity index (χ2n) is 8.17. The Bertz CT molecular complexity index is 890. The fourth-order valence-corrected chi connectivity index (χ4v) is 4.66. The van der Waals surface area contributed by atoms with Crippen molar-refractivity contribution in [2.24, 2.45) is 11.8 Å². The molecule has 0 unspecified atom stereocenters. The number of imide groups is 1. The predicted octanol–water partition coefficient (Wildman–Crippen LogP) is 2.92. The number of likely N-dealkylation sites (N-methyl/N-ethyl adjacent to an activating group) is 1. The molecule has 0 bridgehead atoms. The van der Waals surface area contributed by atoms with Gasteiger partial charge in [0.15, 0.2) is 0 Å². The van der Waals surface area contributed by atoms with Crippen molar-refractivity contribution in [2.45, 2.75) is 52.1 Å². The highest BCUT2D eigenvalue weighted by molar-refractivity contribution is 6.31. The molecule has 1 aromatic carbocycles. The summed E-state index contributed by atoms with van der Waals surface area (Å²) in [6.45, 7) is 4.32. The van der Waals surface area contributed by atoms with E-state index in [2.05, 4.69) is 5.32 Å². The predicted molar refractivity (Wildman–Crippen MR) is 121 cm³/mol. The highest BCUT2D eigenvalue weighted by Gasteiger charge is 2.47. The maximum Gasteiger partial charge on any atom is 0.242 e. The molecule has 1 aromatic rings. The lowest BCUT2D eigenvalue weighted by Crippen LogP contribution is -2.49. The zero-order valence-electron chi connectivity index (χ0n) is 18.6. The Balaban J connectivity index is 1.76. The number of allylic oxidation sites excluding steroid dienone is 2. The first-order valence-electron chi connectivity index (χ1n) is 11.2. The molecule has 2 aliphatic rings. The van der Waals surface area contributed by atoms with Crippen molar-refractivity contribution in [3.63, 3.8) is 0 Å². The van der Waals surface area contributed by atoms with E-state index in [0.717, 1.165) is 5.56 Å². The lowest BCUT2D eigenvalue weighted by molar-refractivity contribution is -0.144. The van der Waals surface area contributed by atoms with Crippen LogP contribution in [0.5, 0.6) is 0 Å². The molecule has 3 rings (SSSR count). The lowest BCUT2D eigenvalue weighted by Gasteiger charge is -2.31. The molecule has 7 nitrogen and oxygen atoms in total. The summed E-state index contributed by atoms with van der Waals surface area (Å²) >= 11 is 6.31. The first kappa shape index (κ1) is 24.0. The van der Waals surface area contributed by atoms with Gasteiger partial charge in [-0.25, -0.2) is 0 Å². The van der Waals surface area contributed by atoms with Crippen molar-refractivity contribution in [3.05, 3.63) is 47.0 Å². The molecule has 0 spiro atoms. The van der Waals surface area contributed by atoms with Gasteiger partial charge in [-0.05, 0) is 37.8 Å². The third-order valence-corrected chi connectivity index (χ3v) is 6.55. The Hall–Kier alpha value is -2.67. The fourth-order valence-electron chi connectivity index (χ4n) is 4.46. The molecule has 0 saturated carbocycles. The number of nitrogens with zero attached hydrogens (tertiary/aromatic N) is 2. The molecule has 4 amide bonds. The van der Waals surface area contributed by atoms with E-state index in [0.29, 0.717) is 30.8 Å². The first-order chi connectivity index (χ1) is 15.4. The van der Waals surface area contributed by atoms with E-state index in [1.807, 2.05) is 38.1 Å². The van der Waals surface area contributed by atoms with E-state index in [9.17, 15) is 19.2 Å². The maximum absolute atomic E-state index is 13.3. The van der Waals surface area contributed by atoms with Gasteiger partial charge in [0.05, 0.1) is 11.8 Å². The van der Waals surface area contributed by atoms with E-state index < -0.39 is 6.04 Å². The summed E-state index contributed by atoms with van der Waals surface area (Å²) in [5.74, 6) is -1.57. The first-order valence-corrected chi connectivity index (χ1v) is 11.6. The Morgan fingerprint density at radius 1 is 1.12 bits per heavy atom. The summed E-state index contributed by atoms with van der Waals surface area (Å²) < 4.78 is 0. The number of amides is 4. The van der Waals surface area contributed by atoms with Gasteiger partial charge in [0.2, 0.25) is 23.6 Å². The van der Waals surface area contributed by atoms with Crippen LogP contribution in [0.1, 0.15) is 45.1 Å². The van der Waals surface area contributed by atoms with E-state index in [1.54, 1.807) is 12.1 Å². The largest absolute Gasteiger partial charge is 0.355 e. The fraction of sp³-hybridized carbons (Fsp3) is 0.500. The standard InChI is InChI=1S/C24H30ClN3O4/c1-3-20(22(30)26-4-2)28(15-16-9-5-8-12-19(16)25)21(29)13-14-27-23(31)17-10-6-7-11-18(17)24(27)32/h5-9,12,17-18,20H,3-4,10-11,13-15H2,1-2H3,(H,26,30)/t17-,18+,20-/m0/s1. The van der Waals surface area contributed by atoms with Crippen LogP contribution in [0.15, 0.2) is 36.4 Å². The molecule has 1 aliphatic carbocycles. The van der Waals surface area contributed by atoms with Gasteiger partial charge >= 0.3 is 0 Å². The molecule has 172 valence electrons. The summed E-state index contributed by atoms with van der Waals surface area (Å²) in [6.07, 6.45) is 5.39. The average Bonchev–Trinajstić information content (AvgIpc) is 3.03. The number of halogens is 1. The van der Waals surface area contributed by atoms with Crippen LogP contribution in [0.25, 0.3) is 0 Å².